The van der Waals surface area contributed by atoms with Crippen LogP contribution in [0.5, 0.6) is 0 Å². The highest BCUT2D eigenvalue weighted by Crippen LogP contribution is 2.20. The molecule has 0 bridgehead atoms. The van der Waals surface area contributed by atoms with Crippen molar-refractivity contribution in [2.75, 3.05) is 5.32 Å². The van der Waals surface area contributed by atoms with E-state index in [9.17, 15) is 5.11 Å². The summed E-state index contributed by atoms with van der Waals surface area (Å²) < 4.78 is 1.38. The van der Waals surface area contributed by atoms with Crippen molar-refractivity contribution in [1.29, 1.82) is 0 Å². The maximum Gasteiger partial charge on any atom is 0.200 e. The summed E-state index contributed by atoms with van der Waals surface area (Å²) >= 11 is 0. The predicted molar refractivity (Wildman–Crippen MR) is 65.1 cm³/mol. The quantitative estimate of drug-likeness (QED) is 0.758. The van der Waals surface area contributed by atoms with Gasteiger partial charge in [0, 0.05) is 0 Å². The molecule has 1 aliphatic carbocycles. The maximum absolute atomic E-state index is 10.0. The van der Waals surface area contributed by atoms with Crippen LogP contribution >= 0.6 is 0 Å². The average molecular weight is 248 g/mol. The number of anilines is 1. The third-order valence-electron chi connectivity index (χ3n) is 3.38. The normalized spacial score (nSPS) is 24.9. The van der Waals surface area contributed by atoms with E-state index in [-0.39, 0.29) is 12.1 Å². The van der Waals surface area contributed by atoms with Crippen molar-refractivity contribution in [3.05, 3.63) is 12.1 Å². The Morgan fingerprint density at radius 2 is 2.11 bits per heavy atom. The first kappa shape index (κ1) is 11.3. The summed E-state index contributed by atoms with van der Waals surface area (Å²) in [6.07, 6.45) is 4.94. The van der Waals surface area contributed by atoms with E-state index in [2.05, 4.69) is 25.9 Å². The highest BCUT2D eigenvalue weighted by molar-refractivity contribution is 5.42. The Morgan fingerprint density at radius 3 is 3.06 bits per heavy atom. The van der Waals surface area contributed by atoms with E-state index in [1.807, 2.05) is 6.07 Å². The minimum Gasteiger partial charge on any atom is -0.391 e. The predicted octanol–water partition coefficient (Wildman–Crippen LogP) is 0.625. The smallest absolute Gasteiger partial charge is 0.200 e. The average Bonchev–Trinajstić information content (AvgIpc) is 2.75. The van der Waals surface area contributed by atoms with Crippen molar-refractivity contribution < 1.29 is 5.11 Å². The minimum atomic E-state index is -0.307. The Morgan fingerprint density at radius 1 is 1.22 bits per heavy atom. The standard InChI is InChI=1S/C11H16N6O/c18-9-5-3-1-2-4-8(9)12-10-6-7-11-13-15-16-17(11)14-10/h6-9,18H,1-5H2,(H,12,14). The fraction of sp³-hybridized carbons (Fsp3) is 0.636. The molecule has 1 fully saturated rings. The van der Waals surface area contributed by atoms with Gasteiger partial charge < -0.3 is 10.4 Å². The first-order chi connectivity index (χ1) is 8.83. The summed E-state index contributed by atoms with van der Waals surface area (Å²) in [6, 6.07) is 3.70. The summed E-state index contributed by atoms with van der Waals surface area (Å²) in [6.45, 7) is 0. The van der Waals surface area contributed by atoms with Crippen molar-refractivity contribution in [3.63, 3.8) is 0 Å². The van der Waals surface area contributed by atoms with Crippen LogP contribution in [0.3, 0.4) is 0 Å². The molecule has 7 heteroatoms. The third kappa shape index (κ3) is 2.26. The van der Waals surface area contributed by atoms with E-state index in [1.54, 1.807) is 6.07 Å². The van der Waals surface area contributed by atoms with Crippen LogP contribution < -0.4 is 5.32 Å². The Kier molecular flexibility index (Phi) is 3.06. The zero-order chi connectivity index (χ0) is 12.4. The second-order valence-electron chi connectivity index (χ2n) is 4.70. The molecule has 96 valence electrons. The largest absolute Gasteiger partial charge is 0.391 e. The molecule has 0 aliphatic heterocycles. The van der Waals surface area contributed by atoms with Gasteiger partial charge in [0.1, 0.15) is 5.82 Å². The van der Waals surface area contributed by atoms with Crippen molar-refractivity contribution in [3.8, 4) is 0 Å². The van der Waals surface area contributed by atoms with Crippen LogP contribution in [-0.4, -0.2) is 42.5 Å². The van der Waals surface area contributed by atoms with Crippen molar-refractivity contribution >= 4 is 11.5 Å². The van der Waals surface area contributed by atoms with Crippen LogP contribution in [0.4, 0.5) is 5.82 Å². The molecule has 2 unspecified atom stereocenters. The van der Waals surface area contributed by atoms with Gasteiger partial charge in [0.2, 0.25) is 0 Å². The van der Waals surface area contributed by atoms with Crippen LogP contribution in [0.2, 0.25) is 0 Å². The number of hydrogen-bond acceptors (Lipinski definition) is 6. The molecule has 18 heavy (non-hydrogen) atoms. The highest BCUT2D eigenvalue weighted by atomic mass is 16.3. The monoisotopic (exact) mass is 248 g/mol. The molecular formula is C11H16N6O. The summed E-state index contributed by atoms with van der Waals surface area (Å²) in [5, 5.41) is 28.7. The number of hydrogen-bond donors (Lipinski definition) is 2. The van der Waals surface area contributed by atoms with Gasteiger partial charge >= 0.3 is 0 Å². The SMILES string of the molecule is OC1CCCCCC1Nc1ccc2nnnn2n1. The van der Waals surface area contributed by atoms with Crippen LogP contribution in [0.1, 0.15) is 32.1 Å². The lowest BCUT2D eigenvalue weighted by atomic mass is 10.1. The van der Waals surface area contributed by atoms with E-state index < -0.39 is 0 Å². The second-order valence-corrected chi connectivity index (χ2v) is 4.70. The van der Waals surface area contributed by atoms with Gasteiger partial charge in [-0.25, -0.2) is 0 Å². The van der Waals surface area contributed by atoms with E-state index in [1.165, 1.54) is 11.1 Å². The molecule has 0 saturated heterocycles. The minimum absolute atomic E-state index is 0.0638. The topological polar surface area (TPSA) is 88.2 Å². The lowest BCUT2D eigenvalue weighted by Gasteiger charge is -2.21. The zero-order valence-corrected chi connectivity index (χ0v) is 10.0. The zero-order valence-electron chi connectivity index (χ0n) is 10.0. The van der Waals surface area contributed by atoms with Crippen LogP contribution in [0.15, 0.2) is 12.1 Å². The van der Waals surface area contributed by atoms with E-state index >= 15 is 0 Å². The summed E-state index contributed by atoms with van der Waals surface area (Å²) in [7, 11) is 0. The van der Waals surface area contributed by atoms with Gasteiger partial charge in [0.15, 0.2) is 5.65 Å². The molecule has 0 spiro atoms. The molecule has 0 aromatic carbocycles. The summed E-state index contributed by atoms with van der Waals surface area (Å²) in [5.41, 5.74) is 0.613. The molecular weight excluding hydrogens is 232 g/mol. The molecule has 1 aliphatic rings. The van der Waals surface area contributed by atoms with Gasteiger partial charge in [0.05, 0.1) is 12.1 Å². The lowest BCUT2D eigenvalue weighted by Crippen LogP contribution is -2.32. The van der Waals surface area contributed by atoms with Crippen LogP contribution in [0, 0.1) is 0 Å². The van der Waals surface area contributed by atoms with Gasteiger partial charge in [0.25, 0.3) is 0 Å². The number of nitrogens with one attached hydrogen (secondary N) is 1. The van der Waals surface area contributed by atoms with Gasteiger partial charge in [-0.2, -0.15) is 0 Å². The molecule has 2 aromatic heterocycles. The Bertz CT molecular complexity index is 527. The van der Waals surface area contributed by atoms with Crippen molar-refractivity contribution in [1.82, 2.24) is 25.3 Å². The van der Waals surface area contributed by atoms with Crippen LogP contribution in [0.25, 0.3) is 5.65 Å². The Hall–Kier alpha value is -1.76. The molecule has 0 radical (unpaired) electrons. The molecule has 1 saturated carbocycles. The molecule has 7 nitrogen and oxygen atoms in total. The number of fused-ring (bicyclic) bond motifs is 1. The molecule has 3 rings (SSSR count). The molecule has 2 atom stereocenters. The number of tetrazole rings is 1. The summed E-state index contributed by atoms with van der Waals surface area (Å²) in [5.74, 6) is 0.695. The van der Waals surface area contributed by atoms with Gasteiger partial charge in [-0.05, 0) is 35.4 Å². The summed E-state index contributed by atoms with van der Waals surface area (Å²) in [4.78, 5) is 0. The molecule has 2 N–H and O–H groups in total. The number of nitrogens with zero attached hydrogens (tertiary/aromatic N) is 5. The molecule has 2 aromatic rings. The van der Waals surface area contributed by atoms with Crippen LogP contribution in [-0.2, 0) is 0 Å². The fourth-order valence-electron chi connectivity index (χ4n) is 2.37. The number of aromatic nitrogens is 5. The maximum atomic E-state index is 10.0. The fourth-order valence-corrected chi connectivity index (χ4v) is 2.37. The van der Waals surface area contributed by atoms with Crippen molar-refractivity contribution in [2.45, 2.75) is 44.2 Å². The van der Waals surface area contributed by atoms with Gasteiger partial charge in [-0.1, -0.05) is 19.3 Å². The number of aliphatic hydroxyl groups excluding tert-OH is 1. The Balaban J connectivity index is 1.77. The van der Waals surface area contributed by atoms with Gasteiger partial charge in [-0.3, -0.25) is 0 Å². The lowest BCUT2D eigenvalue weighted by molar-refractivity contribution is 0.144. The highest BCUT2D eigenvalue weighted by Gasteiger charge is 2.21. The van der Waals surface area contributed by atoms with E-state index in [0.717, 1.165) is 25.7 Å². The number of aliphatic hydroxyl groups is 1. The third-order valence-corrected chi connectivity index (χ3v) is 3.38. The first-order valence-corrected chi connectivity index (χ1v) is 6.33. The van der Waals surface area contributed by atoms with E-state index in [0.29, 0.717) is 11.5 Å². The number of rotatable bonds is 2. The Labute approximate surface area is 104 Å². The molecule has 0 amide bonds. The molecule has 2 heterocycles. The second kappa shape index (κ2) is 4.85. The van der Waals surface area contributed by atoms with Crippen molar-refractivity contribution in [2.24, 2.45) is 0 Å². The first-order valence-electron chi connectivity index (χ1n) is 6.33. The van der Waals surface area contributed by atoms with Gasteiger partial charge in [-0.15, -0.1) is 14.8 Å². The van der Waals surface area contributed by atoms with E-state index in [4.69, 9.17) is 0 Å².